The first-order valence-corrected chi connectivity index (χ1v) is 5.03. The number of imidazole rings is 1. The van der Waals surface area contributed by atoms with Crippen molar-refractivity contribution >= 4 is 5.97 Å². The van der Waals surface area contributed by atoms with Crippen LogP contribution in [0.2, 0.25) is 0 Å². The number of nitrogens with two attached hydrogens (primary N) is 1. The van der Waals surface area contributed by atoms with E-state index in [4.69, 9.17) is 10.8 Å². The maximum atomic E-state index is 11.1. The van der Waals surface area contributed by atoms with Crippen molar-refractivity contribution in [1.82, 2.24) is 9.55 Å². The largest absolute Gasteiger partial charge is 0.480 e. The van der Waals surface area contributed by atoms with Gasteiger partial charge in [-0.05, 0) is 13.0 Å². The first-order valence-electron chi connectivity index (χ1n) is 5.03. The molecule has 1 atom stereocenters. The molecule has 1 aromatic rings. The SMILES string of the molecule is CC(C)c1nccn1C(CCN)C(=O)O. The van der Waals surface area contributed by atoms with Gasteiger partial charge >= 0.3 is 5.97 Å². The summed E-state index contributed by atoms with van der Waals surface area (Å²) in [7, 11) is 0. The number of carboxylic acid groups (broad SMARTS) is 1. The van der Waals surface area contributed by atoms with Gasteiger partial charge in [0.15, 0.2) is 0 Å². The van der Waals surface area contributed by atoms with Crippen molar-refractivity contribution < 1.29 is 9.90 Å². The summed E-state index contributed by atoms with van der Waals surface area (Å²) < 4.78 is 1.69. The van der Waals surface area contributed by atoms with E-state index in [1.165, 1.54) is 0 Å². The van der Waals surface area contributed by atoms with Crippen LogP contribution in [0.4, 0.5) is 0 Å². The average Bonchev–Trinajstić information content (AvgIpc) is 2.61. The molecule has 0 bridgehead atoms. The zero-order valence-corrected chi connectivity index (χ0v) is 9.05. The van der Waals surface area contributed by atoms with Crippen LogP contribution in [-0.2, 0) is 4.79 Å². The molecular weight excluding hydrogens is 194 g/mol. The molecular formula is C10H17N3O2. The molecule has 1 heterocycles. The Bertz CT molecular complexity index is 333. The lowest BCUT2D eigenvalue weighted by Gasteiger charge is -2.17. The van der Waals surface area contributed by atoms with Crippen LogP contribution in [0.3, 0.4) is 0 Å². The summed E-state index contributed by atoms with van der Waals surface area (Å²) in [5, 5.41) is 9.08. The lowest BCUT2D eigenvalue weighted by Crippen LogP contribution is -2.23. The van der Waals surface area contributed by atoms with Gasteiger partial charge in [0.2, 0.25) is 0 Å². The minimum absolute atomic E-state index is 0.208. The predicted molar refractivity (Wildman–Crippen MR) is 56.7 cm³/mol. The highest BCUT2D eigenvalue weighted by molar-refractivity contribution is 5.72. The second-order valence-electron chi connectivity index (χ2n) is 3.78. The molecule has 0 aliphatic carbocycles. The highest BCUT2D eigenvalue weighted by Crippen LogP contribution is 2.19. The maximum absolute atomic E-state index is 11.1. The molecule has 0 radical (unpaired) electrons. The van der Waals surface area contributed by atoms with Crippen LogP contribution >= 0.6 is 0 Å². The molecule has 0 spiro atoms. The molecule has 0 aliphatic rings. The molecule has 5 heteroatoms. The van der Waals surface area contributed by atoms with E-state index in [0.717, 1.165) is 5.82 Å². The highest BCUT2D eigenvalue weighted by Gasteiger charge is 2.21. The van der Waals surface area contributed by atoms with Crippen LogP contribution in [0.15, 0.2) is 12.4 Å². The fraction of sp³-hybridized carbons (Fsp3) is 0.600. The molecule has 1 rings (SSSR count). The van der Waals surface area contributed by atoms with E-state index in [2.05, 4.69) is 4.98 Å². The summed E-state index contributed by atoms with van der Waals surface area (Å²) in [6.45, 7) is 4.33. The zero-order chi connectivity index (χ0) is 11.4. The Kier molecular flexibility index (Phi) is 3.85. The van der Waals surface area contributed by atoms with Crippen molar-refractivity contribution in [1.29, 1.82) is 0 Å². The molecule has 84 valence electrons. The Balaban J connectivity index is 3.00. The third kappa shape index (κ3) is 2.56. The molecule has 0 fully saturated rings. The number of nitrogens with zero attached hydrogens (tertiary/aromatic N) is 2. The molecule has 3 N–H and O–H groups in total. The van der Waals surface area contributed by atoms with E-state index in [-0.39, 0.29) is 5.92 Å². The average molecular weight is 211 g/mol. The number of carboxylic acids is 1. The van der Waals surface area contributed by atoms with E-state index in [9.17, 15) is 4.79 Å². The number of rotatable bonds is 5. The Morgan fingerprint density at radius 3 is 2.80 bits per heavy atom. The summed E-state index contributed by atoms with van der Waals surface area (Å²) in [5.41, 5.74) is 5.40. The van der Waals surface area contributed by atoms with Gasteiger partial charge in [0, 0.05) is 18.3 Å². The molecule has 5 nitrogen and oxygen atoms in total. The third-order valence-electron chi connectivity index (χ3n) is 2.28. The van der Waals surface area contributed by atoms with Crippen LogP contribution in [0.5, 0.6) is 0 Å². The lowest BCUT2D eigenvalue weighted by atomic mass is 10.1. The van der Waals surface area contributed by atoms with Gasteiger partial charge in [-0.2, -0.15) is 0 Å². The number of aromatic nitrogens is 2. The summed E-state index contributed by atoms with van der Waals surface area (Å²) in [5.74, 6) is 0.135. The number of aliphatic carboxylic acids is 1. The second kappa shape index (κ2) is 4.93. The van der Waals surface area contributed by atoms with Crippen molar-refractivity contribution in [3.8, 4) is 0 Å². The second-order valence-corrected chi connectivity index (χ2v) is 3.78. The van der Waals surface area contributed by atoms with Crippen molar-refractivity contribution in [3.63, 3.8) is 0 Å². The minimum Gasteiger partial charge on any atom is -0.480 e. The molecule has 0 saturated heterocycles. The molecule has 0 aliphatic heterocycles. The Morgan fingerprint density at radius 1 is 1.67 bits per heavy atom. The van der Waals surface area contributed by atoms with Gasteiger partial charge in [0.25, 0.3) is 0 Å². The van der Waals surface area contributed by atoms with Crippen molar-refractivity contribution in [2.75, 3.05) is 6.54 Å². The van der Waals surface area contributed by atoms with Gasteiger partial charge in [-0.3, -0.25) is 0 Å². The first kappa shape index (κ1) is 11.7. The number of hydrogen-bond donors (Lipinski definition) is 2. The Hall–Kier alpha value is -1.36. The summed E-state index contributed by atoms with van der Waals surface area (Å²) in [6, 6.07) is -0.602. The van der Waals surface area contributed by atoms with Gasteiger partial charge < -0.3 is 15.4 Å². The van der Waals surface area contributed by atoms with Gasteiger partial charge in [0.05, 0.1) is 0 Å². The topological polar surface area (TPSA) is 81.1 Å². The quantitative estimate of drug-likeness (QED) is 0.760. The molecule has 1 unspecified atom stereocenters. The maximum Gasteiger partial charge on any atom is 0.326 e. The van der Waals surface area contributed by atoms with Crippen LogP contribution < -0.4 is 5.73 Å². The Labute approximate surface area is 88.9 Å². The minimum atomic E-state index is -0.861. The normalized spacial score (nSPS) is 13.1. The highest BCUT2D eigenvalue weighted by atomic mass is 16.4. The standard InChI is InChI=1S/C10H17N3O2/c1-7(2)9-12-5-6-13(9)8(3-4-11)10(14)15/h5-8H,3-4,11H2,1-2H3,(H,14,15). The predicted octanol–water partition coefficient (Wildman–Crippen LogP) is 0.981. The molecule has 0 amide bonds. The molecule has 15 heavy (non-hydrogen) atoms. The van der Waals surface area contributed by atoms with Gasteiger partial charge in [0.1, 0.15) is 11.9 Å². The first-order chi connectivity index (χ1) is 7.07. The third-order valence-corrected chi connectivity index (χ3v) is 2.28. The van der Waals surface area contributed by atoms with Gasteiger partial charge in [-0.25, -0.2) is 9.78 Å². The fourth-order valence-corrected chi connectivity index (χ4v) is 1.57. The van der Waals surface area contributed by atoms with Crippen molar-refractivity contribution in [2.24, 2.45) is 5.73 Å². The zero-order valence-electron chi connectivity index (χ0n) is 9.05. The number of hydrogen-bond acceptors (Lipinski definition) is 3. The lowest BCUT2D eigenvalue weighted by molar-refractivity contribution is -0.141. The fourth-order valence-electron chi connectivity index (χ4n) is 1.57. The smallest absolute Gasteiger partial charge is 0.326 e. The molecule has 0 saturated carbocycles. The van der Waals surface area contributed by atoms with Crippen molar-refractivity contribution in [2.45, 2.75) is 32.2 Å². The summed E-state index contributed by atoms with van der Waals surface area (Å²) >= 11 is 0. The summed E-state index contributed by atoms with van der Waals surface area (Å²) in [6.07, 6.45) is 3.75. The van der Waals surface area contributed by atoms with Crippen molar-refractivity contribution in [3.05, 3.63) is 18.2 Å². The van der Waals surface area contributed by atoms with Gasteiger partial charge in [-0.1, -0.05) is 13.8 Å². The monoisotopic (exact) mass is 211 g/mol. The number of carbonyl (C=O) groups is 1. The Morgan fingerprint density at radius 2 is 2.33 bits per heavy atom. The van der Waals surface area contributed by atoms with E-state index >= 15 is 0 Å². The van der Waals surface area contributed by atoms with E-state index < -0.39 is 12.0 Å². The van der Waals surface area contributed by atoms with Crippen LogP contribution in [0, 0.1) is 0 Å². The molecule has 0 aromatic carbocycles. The van der Waals surface area contributed by atoms with E-state index in [1.807, 2.05) is 13.8 Å². The van der Waals surface area contributed by atoms with E-state index in [1.54, 1.807) is 17.0 Å². The van der Waals surface area contributed by atoms with Crippen LogP contribution in [0.25, 0.3) is 0 Å². The van der Waals surface area contributed by atoms with Gasteiger partial charge in [-0.15, -0.1) is 0 Å². The van der Waals surface area contributed by atoms with E-state index in [0.29, 0.717) is 13.0 Å². The summed E-state index contributed by atoms with van der Waals surface area (Å²) in [4.78, 5) is 15.2. The molecule has 1 aromatic heterocycles. The van der Waals surface area contributed by atoms with Crippen LogP contribution in [0.1, 0.15) is 38.1 Å². The van der Waals surface area contributed by atoms with Crippen LogP contribution in [-0.4, -0.2) is 27.2 Å².